The van der Waals surface area contributed by atoms with E-state index in [0.717, 1.165) is 22.3 Å². The number of rotatable bonds is 6. The molecule has 0 saturated heterocycles. The third-order valence-electron chi connectivity index (χ3n) is 7.09. The Morgan fingerprint density at radius 3 is 2.03 bits per heavy atom. The molecule has 3 atom stereocenters. The molecule has 5 rings (SSSR count). The Kier molecular flexibility index (Phi) is 6.27. The van der Waals surface area contributed by atoms with E-state index in [2.05, 4.69) is 0 Å². The van der Waals surface area contributed by atoms with Gasteiger partial charge in [0.1, 0.15) is 11.0 Å². The van der Waals surface area contributed by atoms with Crippen LogP contribution in [0.4, 0.5) is 0 Å². The number of ketones is 1. The fourth-order valence-corrected chi connectivity index (χ4v) is 7.32. The van der Waals surface area contributed by atoms with E-state index >= 15 is 0 Å². The van der Waals surface area contributed by atoms with Gasteiger partial charge in [-0.3, -0.25) is 4.79 Å². The summed E-state index contributed by atoms with van der Waals surface area (Å²) in [4.78, 5) is 14.4. The summed E-state index contributed by atoms with van der Waals surface area (Å²) in [6.45, 7) is 3.87. The molecule has 0 aromatic heterocycles. The van der Waals surface area contributed by atoms with E-state index in [4.69, 9.17) is 4.74 Å². The van der Waals surface area contributed by atoms with Crippen LogP contribution >= 0.6 is 0 Å². The molecule has 0 saturated carbocycles. The molecule has 4 aromatic rings. The maximum atomic E-state index is 14.3. The van der Waals surface area contributed by atoms with Gasteiger partial charge in [-0.05, 0) is 66.9 Å². The summed E-state index contributed by atoms with van der Waals surface area (Å²) in [6.07, 6.45) is 0. The zero-order valence-electron chi connectivity index (χ0n) is 20.5. The van der Waals surface area contributed by atoms with Crippen molar-refractivity contribution in [1.29, 1.82) is 0 Å². The molecule has 0 bridgehead atoms. The molecule has 36 heavy (non-hydrogen) atoms. The normalized spacial score (nSPS) is 19.0. The Morgan fingerprint density at radius 2 is 1.39 bits per heavy atom. The molecule has 0 unspecified atom stereocenters. The molecule has 1 aliphatic rings. The number of ether oxygens (including phenoxy) is 1. The molecular weight excluding hydrogens is 468 g/mol. The van der Waals surface area contributed by atoms with Crippen molar-refractivity contribution in [2.24, 2.45) is 5.92 Å². The van der Waals surface area contributed by atoms with Crippen LogP contribution in [0.5, 0.6) is 5.75 Å². The lowest BCUT2D eigenvalue weighted by Gasteiger charge is -2.25. The summed E-state index contributed by atoms with van der Waals surface area (Å²) in [5.41, 5.74) is 4.92. The molecule has 4 aromatic carbocycles. The Balaban J connectivity index is 1.75. The van der Waals surface area contributed by atoms with E-state index in [1.54, 1.807) is 55.6 Å². The van der Waals surface area contributed by atoms with Crippen molar-refractivity contribution >= 4 is 15.6 Å². The number of fused-ring (bicyclic) bond motifs is 1. The van der Waals surface area contributed by atoms with Crippen LogP contribution in [-0.4, -0.2) is 21.3 Å². The average molecular weight is 497 g/mol. The van der Waals surface area contributed by atoms with Crippen LogP contribution in [0.3, 0.4) is 0 Å². The van der Waals surface area contributed by atoms with E-state index in [1.807, 2.05) is 62.4 Å². The third-order valence-corrected chi connectivity index (χ3v) is 9.23. The van der Waals surface area contributed by atoms with Gasteiger partial charge in [-0.25, -0.2) is 8.42 Å². The maximum Gasteiger partial charge on any atom is 0.186 e. The van der Waals surface area contributed by atoms with E-state index in [-0.39, 0.29) is 16.6 Å². The number of benzene rings is 4. The molecule has 0 aliphatic heterocycles. The number of hydrogen-bond donors (Lipinski definition) is 0. The quantitative estimate of drug-likeness (QED) is 0.287. The number of methoxy groups -OCH3 is 1. The molecule has 182 valence electrons. The second kappa shape index (κ2) is 9.40. The molecule has 0 radical (unpaired) electrons. The molecule has 1 aliphatic carbocycles. The van der Waals surface area contributed by atoms with E-state index in [1.165, 1.54) is 0 Å². The van der Waals surface area contributed by atoms with Gasteiger partial charge in [0.25, 0.3) is 0 Å². The van der Waals surface area contributed by atoms with E-state index in [0.29, 0.717) is 16.9 Å². The topological polar surface area (TPSA) is 60.4 Å². The van der Waals surface area contributed by atoms with Crippen molar-refractivity contribution in [3.05, 3.63) is 130 Å². The van der Waals surface area contributed by atoms with Crippen LogP contribution in [-0.2, 0) is 9.84 Å². The predicted molar refractivity (Wildman–Crippen MR) is 141 cm³/mol. The lowest BCUT2D eigenvalue weighted by atomic mass is 9.81. The highest BCUT2D eigenvalue weighted by molar-refractivity contribution is 7.91. The first-order chi connectivity index (χ1) is 17.3. The number of aryl methyl sites for hydroxylation is 2. The smallest absolute Gasteiger partial charge is 0.186 e. The standard InChI is InChI=1S/C31H28O4S/c1-20-9-16-25(17-10-20)36(33,34)31-27-19-21(2)11-18-26(27)28(22-7-5-4-6-8-22)29(31)30(32)23-12-14-24(35-3)15-13-23/h4-19,28-29,31H,1-3H3/t28-,29-,31+/m1/s1. The first-order valence-electron chi connectivity index (χ1n) is 12.0. The molecule has 4 nitrogen and oxygen atoms in total. The Morgan fingerprint density at radius 1 is 0.750 bits per heavy atom. The zero-order chi connectivity index (χ0) is 25.4. The Bertz CT molecular complexity index is 1510. The minimum Gasteiger partial charge on any atom is -0.497 e. The lowest BCUT2D eigenvalue weighted by Crippen LogP contribution is -2.28. The van der Waals surface area contributed by atoms with Crippen molar-refractivity contribution in [1.82, 2.24) is 0 Å². The molecule has 0 spiro atoms. The van der Waals surface area contributed by atoms with Crippen LogP contribution < -0.4 is 4.74 Å². The largest absolute Gasteiger partial charge is 0.497 e. The molecule has 0 fully saturated rings. The van der Waals surface area contributed by atoms with Gasteiger partial charge in [0, 0.05) is 11.5 Å². The van der Waals surface area contributed by atoms with Crippen LogP contribution in [0.1, 0.15) is 49.3 Å². The lowest BCUT2D eigenvalue weighted by molar-refractivity contribution is 0.0911. The maximum absolute atomic E-state index is 14.3. The fourth-order valence-electron chi connectivity index (χ4n) is 5.30. The number of sulfone groups is 1. The fraction of sp³-hybridized carbons (Fsp3) is 0.194. The highest BCUT2D eigenvalue weighted by Crippen LogP contribution is 2.54. The van der Waals surface area contributed by atoms with E-state index in [9.17, 15) is 13.2 Å². The summed E-state index contributed by atoms with van der Waals surface area (Å²) in [6, 6.07) is 29.4. The predicted octanol–water partition coefficient (Wildman–Crippen LogP) is 6.47. The Hall–Kier alpha value is -3.70. The summed E-state index contributed by atoms with van der Waals surface area (Å²) in [5, 5.41) is -1.00. The van der Waals surface area contributed by atoms with Crippen molar-refractivity contribution in [3.63, 3.8) is 0 Å². The highest BCUT2D eigenvalue weighted by atomic mass is 32.2. The third kappa shape index (κ3) is 4.14. The van der Waals surface area contributed by atoms with Crippen LogP contribution in [0.2, 0.25) is 0 Å². The van der Waals surface area contributed by atoms with Crippen molar-refractivity contribution in [2.45, 2.75) is 29.9 Å². The molecule has 0 N–H and O–H groups in total. The molecular formula is C31H28O4S. The summed E-state index contributed by atoms with van der Waals surface area (Å²) < 4.78 is 33.8. The monoisotopic (exact) mass is 496 g/mol. The van der Waals surface area contributed by atoms with Gasteiger partial charge in [0.15, 0.2) is 15.6 Å². The Labute approximate surface area is 212 Å². The molecule has 5 heteroatoms. The van der Waals surface area contributed by atoms with E-state index < -0.39 is 21.0 Å². The first-order valence-corrected chi connectivity index (χ1v) is 13.5. The van der Waals surface area contributed by atoms with Crippen LogP contribution in [0.25, 0.3) is 0 Å². The summed E-state index contributed by atoms with van der Waals surface area (Å²) in [5.74, 6) is -0.758. The first kappa shape index (κ1) is 24.0. The minimum absolute atomic E-state index is 0.193. The van der Waals surface area contributed by atoms with Gasteiger partial charge in [-0.2, -0.15) is 0 Å². The van der Waals surface area contributed by atoms with Crippen LogP contribution in [0.15, 0.2) is 102 Å². The second-order valence-corrected chi connectivity index (χ2v) is 11.5. The number of hydrogen-bond acceptors (Lipinski definition) is 4. The second-order valence-electron chi connectivity index (χ2n) is 9.42. The number of carbonyl (C=O) groups excluding carboxylic acids is 1. The zero-order valence-corrected chi connectivity index (χ0v) is 21.3. The average Bonchev–Trinajstić information content (AvgIpc) is 3.24. The van der Waals surface area contributed by atoms with Gasteiger partial charge >= 0.3 is 0 Å². The number of Topliss-reactive ketones (excluding diaryl/α,β-unsaturated/α-hetero) is 1. The highest BCUT2D eigenvalue weighted by Gasteiger charge is 2.51. The SMILES string of the molecule is COc1ccc(C(=O)[C@H]2[C@H](c3ccccc3)c3ccc(C)cc3[C@@H]2S(=O)(=O)c2ccc(C)cc2)cc1. The van der Waals surface area contributed by atoms with Gasteiger partial charge in [0.2, 0.25) is 0 Å². The minimum atomic E-state index is -3.89. The van der Waals surface area contributed by atoms with Crippen LogP contribution in [0, 0.1) is 19.8 Å². The van der Waals surface area contributed by atoms with Gasteiger partial charge in [-0.1, -0.05) is 71.8 Å². The van der Waals surface area contributed by atoms with Crippen molar-refractivity contribution in [2.75, 3.05) is 7.11 Å². The van der Waals surface area contributed by atoms with Gasteiger partial charge < -0.3 is 4.74 Å². The van der Waals surface area contributed by atoms with Crippen molar-refractivity contribution < 1.29 is 17.9 Å². The van der Waals surface area contributed by atoms with Gasteiger partial charge in [-0.15, -0.1) is 0 Å². The van der Waals surface area contributed by atoms with Crippen molar-refractivity contribution in [3.8, 4) is 5.75 Å². The van der Waals surface area contributed by atoms with Gasteiger partial charge in [0.05, 0.1) is 17.9 Å². The molecule has 0 amide bonds. The molecule has 0 heterocycles. The summed E-state index contributed by atoms with van der Waals surface area (Å²) >= 11 is 0. The summed E-state index contributed by atoms with van der Waals surface area (Å²) in [7, 11) is -2.32. The number of carbonyl (C=O) groups is 1.